The van der Waals surface area contributed by atoms with Gasteiger partial charge in [-0.1, -0.05) is 6.07 Å². The Morgan fingerprint density at radius 1 is 0.931 bits per heavy atom. The number of benzene rings is 2. The highest BCUT2D eigenvalue weighted by Crippen LogP contribution is 2.16. The Balaban J connectivity index is 1.51. The lowest BCUT2D eigenvalue weighted by Crippen LogP contribution is -2.27. The van der Waals surface area contributed by atoms with Gasteiger partial charge in [-0.25, -0.2) is 0 Å². The van der Waals surface area contributed by atoms with E-state index in [2.05, 4.69) is 16.0 Å². The minimum Gasteiger partial charge on any atom is -0.376 e. The summed E-state index contributed by atoms with van der Waals surface area (Å²) in [5.41, 5.74) is 2.49. The second-order valence-electron chi connectivity index (χ2n) is 6.92. The molecule has 0 atom stereocenters. The van der Waals surface area contributed by atoms with Gasteiger partial charge in [-0.05, 0) is 62.2 Å². The Bertz CT molecular complexity index is 874. The normalized spacial score (nSPS) is 13.1. The predicted molar refractivity (Wildman–Crippen MR) is 113 cm³/mol. The molecule has 2 aromatic rings. The van der Waals surface area contributed by atoms with E-state index in [1.54, 1.807) is 48.5 Å². The number of carbonyl (C=O) groups is 3. The van der Waals surface area contributed by atoms with Crippen molar-refractivity contribution in [2.45, 2.75) is 19.8 Å². The third kappa shape index (κ3) is 5.57. The first-order valence-electron chi connectivity index (χ1n) is 9.88. The molecule has 2 aromatic carbocycles. The molecule has 3 N–H and O–H groups in total. The molecule has 3 amide bonds. The topological polar surface area (TPSA) is 90.5 Å². The molecule has 0 unspecified atom stereocenters. The number of anilines is 2. The molecule has 0 bridgehead atoms. The van der Waals surface area contributed by atoms with Gasteiger partial charge in [0.25, 0.3) is 11.8 Å². The Kier molecular flexibility index (Phi) is 6.84. The van der Waals surface area contributed by atoms with E-state index in [1.165, 1.54) is 0 Å². The summed E-state index contributed by atoms with van der Waals surface area (Å²) in [5.74, 6) is -0.328. The molecule has 0 saturated carbocycles. The maximum atomic E-state index is 12.4. The lowest BCUT2D eigenvalue weighted by atomic mass is 10.2. The molecule has 3 rings (SSSR count). The highest BCUT2D eigenvalue weighted by molar-refractivity contribution is 5.97. The first-order valence-corrected chi connectivity index (χ1v) is 9.88. The lowest BCUT2D eigenvalue weighted by molar-refractivity contribution is -0.114. The van der Waals surface area contributed by atoms with Crippen molar-refractivity contribution in [2.75, 3.05) is 36.8 Å². The van der Waals surface area contributed by atoms with Crippen molar-refractivity contribution in [2.24, 2.45) is 0 Å². The molecule has 1 fully saturated rings. The fourth-order valence-electron chi connectivity index (χ4n) is 3.22. The van der Waals surface area contributed by atoms with E-state index in [0.717, 1.165) is 25.9 Å². The number of nitrogens with zero attached hydrogens (tertiary/aromatic N) is 1. The van der Waals surface area contributed by atoms with Crippen molar-refractivity contribution < 1.29 is 14.4 Å². The van der Waals surface area contributed by atoms with Crippen molar-refractivity contribution in [3.8, 4) is 0 Å². The molecule has 1 aliphatic heterocycles. The van der Waals surface area contributed by atoms with Gasteiger partial charge in [0.05, 0.1) is 6.54 Å². The molecular formula is C22H26N4O3. The largest absolute Gasteiger partial charge is 0.376 e. The summed E-state index contributed by atoms with van der Waals surface area (Å²) in [4.78, 5) is 38.3. The van der Waals surface area contributed by atoms with E-state index in [0.29, 0.717) is 29.0 Å². The first kappa shape index (κ1) is 20.4. The van der Waals surface area contributed by atoms with Gasteiger partial charge < -0.3 is 20.9 Å². The average molecular weight is 394 g/mol. The number of carbonyl (C=O) groups excluding carboxylic acids is 3. The van der Waals surface area contributed by atoms with Crippen LogP contribution in [0.3, 0.4) is 0 Å². The number of amides is 3. The van der Waals surface area contributed by atoms with Crippen LogP contribution in [0, 0.1) is 0 Å². The van der Waals surface area contributed by atoms with Crippen molar-refractivity contribution in [3.63, 3.8) is 0 Å². The summed E-state index contributed by atoms with van der Waals surface area (Å²) in [5, 5.41) is 8.56. The zero-order chi connectivity index (χ0) is 20.6. The zero-order valence-corrected chi connectivity index (χ0v) is 16.5. The van der Waals surface area contributed by atoms with Gasteiger partial charge in [0, 0.05) is 42.1 Å². The van der Waals surface area contributed by atoms with Crippen molar-refractivity contribution in [1.29, 1.82) is 0 Å². The monoisotopic (exact) mass is 394 g/mol. The van der Waals surface area contributed by atoms with E-state index < -0.39 is 0 Å². The van der Waals surface area contributed by atoms with Gasteiger partial charge in [-0.15, -0.1) is 0 Å². The second kappa shape index (κ2) is 9.73. The predicted octanol–water partition coefficient (Wildman–Crippen LogP) is 2.72. The SMILES string of the molecule is CCNC(=O)c1cccc(NCC(=O)Nc2ccc(C(=O)N3CCCC3)cc2)c1. The summed E-state index contributed by atoms with van der Waals surface area (Å²) in [6, 6.07) is 13.9. The molecule has 0 aromatic heterocycles. The van der Waals surface area contributed by atoms with Crippen LogP contribution in [0.2, 0.25) is 0 Å². The van der Waals surface area contributed by atoms with Gasteiger partial charge in [0.1, 0.15) is 0 Å². The van der Waals surface area contributed by atoms with Crippen LogP contribution < -0.4 is 16.0 Å². The number of likely N-dealkylation sites (tertiary alicyclic amines) is 1. The van der Waals surface area contributed by atoms with Gasteiger partial charge in [0.15, 0.2) is 0 Å². The maximum absolute atomic E-state index is 12.4. The third-order valence-electron chi connectivity index (χ3n) is 4.72. The van der Waals surface area contributed by atoms with Crippen LogP contribution in [-0.4, -0.2) is 48.8 Å². The molecule has 152 valence electrons. The Morgan fingerprint density at radius 3 is 2.34 bits per heavy atom. The van der Waals surface area contributed by atoms with E-state index >= 15 is 0 Å². The smallest absolute Gasteiger partial charge is 0.253 e. The molecular weight excluding hydrogens is 368 g/mol. The summed E-state index contributed by atoms with van der Waals surface area (Å²) in [7, 11) is 0. The van der Waals surface area contributed by atoms with Crippen LogP contribution in [0.1, 0.15) is 40.5 Å². The van der Waals surface area contributed by atoms with Gasteiger partial charge >= 0.3 is 0 Å². The number of hydrogen-bond acceptors (Lipinski definition) is 4. The second-order valence-corrected chi connectivity index (χ2v) is 6.92. The molecule has 7 heteroatoms. The van der Waals surface area contributed by atoms with Crippen LogP contribution in [0.25, 0.3) is 0 Å². The molecule has 1 heterocycles. The van der Waals surface area contributed by atoms with Crippen LogP contribution in [0.4, 0.5) is 11.4 Å². The quantitative estimate of drug-likeness (QED) is 0.674. The Morgan fingerprint density at radius 2 is 1.66 bits per heavy atom. The fourth-order valence-corrected chi connectivity index (χ4v) is 3.22. The minimum atomic E-state index is -0.216. The summed E-state index contributed by atoms with van der Waals surface area (Å²) in [6.45, 7) is 4.10. The van der Waals surface area contributed by atoms with Crippen molar-refractivity contribution in [3.05, 3.63) is 59.7 Å². The van der Waals surface area contributed by atoms with E-state index in [-0.39, 0.29) is 24.3 Å². The maximum Gasteiger partial charge on any atom is 0.253 e. The van der Waals surface area contributed by atoms with Crippen LogP contribution in [0.15, 0.2) is 48.5 Å². The molecule has 0 spiro atoms. The molecule has 1 saturated heterocycles. The van der Waals surface area contributed by atoms with E-state index in [4.69, 9.17) is 0 Å². The fraction of sp³-hybridized carbons (Fsp3) is 0.318. The minimum absolute atomic E-state index is 0.0361. The van der Waals surface area contributed by atoms with Crippen LogP contribution in [0.5, 0.6) is 0 Å². The molecule has 29 heavy (non-hydrogen) atoms. The molecule has 1 aliphatic rings. The zero-order valence-electron chi connectivity index (χ0n) is 16.5. The van der Waals surface area contributed by atoms with Gasteiger partial charge in [-0.2, -0.15) is 0 Å². The van der Waals surface area contributed by atoms with E-state index in [1.807, 2.05) is 11.8 Å². The average Bonchev–Trinajstić information content (AvgIpc) is 3.28. The molecule has 7 nitrogen and oxygen atoms in total. The number of rotatable bonds is 7. The lowest BCUT2D eigenvalue weighted by Gasteiger charge is -2.15. The summed E-state index contributed by atoms with van der Waals surface area (Å²) >= 11 is 0. The summed E-state index contributed by atoms with van der Waals surface area (Å²) < 4.78 is 0. The Labute approximate surface area is 170 Å². The number of hydrogen-bond donors (Lipinski definition) is 3. The van der Waals surface area contributed by atoms with Crippen LogP contribution in [-0.2, 0) is 4.79 Å². The van der Waals surface area contributed by atoms with Gasteiger partial charge in [0.2, 0.25) is 5.91 Å². The highest BCUT2D eigenvalue weighted by atomic mass is 16.2. The van der Waals surface area contributed by atoms with Crippen LogP contribution >= 0.6 is 0 Å². The van der Waals surface area contributed by atoms with Crippen molar-refractivity contribution in [1.82, 2.24) is 10.2 Å². The summed E-state index contributed by atoms with van der Waals surface area (Å²) in [6.07, 6.45) is 2.11. The van der Waals surface area contributed by atoms with Gasteiger partial charge in [-0.3, -0.25) is 14.4 Å². The molecule has 0 aliphatic carbocycles. The highest BCUT2D eigenvalue weighted by Gasteiger charge is 2.19. The third-order valence-corrected chi connectivity index (χ3v) is 4.72. The number of nitrogens with one attached hydrogen (secondary N) is 3. The standard InChI is InChI=1S/C22H26N4O3/c1-2-23-21(28)17-6-5-7-19(14-17)24-15-20(27)25-18-10-8-16(9-11-18)22(29)26-12-3-4-13-26/h5-11,14,24H,2-4,12-13,15H2,1H3,(H,23,28)(H,25,27). The Hall–Kier alpha value is -3.35. The first-order chi connectivity index (χ1) is 14.1. The van der Waals surface area contributed by atoms with E-state index in [9.17, 15) is 14.4 Å². The molecule has 0 radical (unpaired) electrons. The van der Waals surface area contributed by atoms with Crippen molar-refractivity contribution >= 4 is 29.1 Å².